The Kier molecular flexibility index (Phi) is 3.70. The number of benzene rings is 2. The summed E-state index contributed by atoms with van der Waals surface area (Å²) in [7, 11) is -0.375. The van der Waals surface area contributed by atoms with Crippen LogP contribution in [-0.2, 0) is 9.31 Å². The van der Waals surface area contributed by atoms with Crippen LogP contribution in [0.4, 0.5) is 0 Å². The Morgan fingerprint density at radius 3 is 2.32 bits per heavy atom. The summed E-state index contributed by atoms with van der Waals surface area (Å²) in [6.45, 7) is 8.32. The van der Waals surface area contributed by atoms with Crippen LogP contribution in [-0.4, -0.2) is 27.9 Å². The van der Waals surface area contributed by atoms with Crippen molar-refractivity contribution in [3.05, 3.63) is 67.0 Å². The second-order valence-electron chi connectivity index (χ2n) is 8.43. The van der Waals surface area contributed by atoms with E-state index in [2.05, 4.69) is 91.8 Å². The van der Waals surface area contributed by atoms with Crippen molar-refractivity contribution in [1.82, 2.24) is 9.55 Å². The van der Waals surface area contributed by atoms with Gasteiger partial charge in [0.05, 0.1) is 22.2 Å². The third kappa shape index (κ3) is 2.50. The van der Waals surface area contributed by atoms with Gasteiger partial charge in [0.15, 0.2) is 0 Å². The first-order valence-corrected chi connectivity index (χ1v) is 9.66. The lowest BCUT2D eigenvalue weighted by atomic mass is 9.79. The second-order valence-corrected chi connectivity index (χ2v) is 8.43. The van der Waals surface area contributed by atoms with Crippen LogP contribution in [0.3, 0.4) is 0 Å². The van der Waals surface area contributed by atoms with Gasteiger partial charge in [-0.25, -0.2) is 0 Å². The number of hydrogen-bond donors (Lipinski definition) is 0. The van der Waals surface area contributed by atoms with E-state index in [9.17, 15) is 0 Å². The Morgan fingerprint density at radius 1 is 0.821 bits per heavy atom. The summed E-state index contributed by atoms with van der Waals surface area (Å²) in [5.74, 6) is 0. The molecule has 4 nitrogen and oxygen atoms in total. The van der Waals surface area contributed by atoms with Crippen LogP contribution in [0, 0.1) is 0 Å². The van der Waals surface area contributed by atoms with E-state index in [1.807, 2.05) is 12.4 Å². The van der Waals surface area contributed by atoms with Crippen LogP contribution >= 0.6 is 0 Å². The highest BCUT2D eigenvalue weighted by Crippen LogP contribution is 2.37. The fourth-order valence-corrected chi connectivity index (χ4v) is 3.88. The number of fused-ring (bicyclic) bond motifs is 3. The molecule has 140 valence electrons. The molecule has 1 saturated heterocycles. The van der Waals surface area contributed by atoms with E-state index in [1.54, 1.807) is 0 Å². The molecule has 1 fully saturated rings. The van der Waals surface area contributed by atoms with Gasteiger partial charge >= 0.3 is 7.12 Å². The maximum absolute atomic E-state index is 6.26. The predicted molar refractivity (Wildman–Crippen MR) is 114 cm³/mol. The van der Waals surface area contributed by atoms with Crippen LogP contribution < -0.4 is 5.46 Å². The Hall–Kier alpha value is -2.63. The lowest BCUT2D eigenvalue weighted by Crippen LogP contribution is -2.41. The van der Waals surface area contributed by atoms with E-state index in [4.69, 9.17) is 9.31 Å². The van der Waals surface area contributed by atoms with Crippen LogP contribution in [0.25, 0.3) is 27.5 Å². The van der Waals surface area contributed by atoms with E-state index < -0.39 is 0 Å². The minimum Gasteiger partial charge on any atom is -0.399 e. The first-order valence-electron chi connectivity index (χ1n) is 9.66. The molecule has 5 rings (SSSR count). The van der Waals surface area contributed by atoms with Crippen molar-refractivity contribution in [3.63, 3.8) is 0 Å². The maximum Gasteiger partial charge on any atom is 0.494 e. The van der Waals surface area contributed by atoms with Gasteiger partial charge < -0.3 is 13.9 Å². The summed E-state index contributed by atoms with van der Waals surface area (Å²) in [5.41, 5.74) is 3.71. The molecule has 0 radical (unpaired) electrons. The smallest absolute Gasteiger partial charge is 0.399 e. The molecule has 4 aromatic rings. The Morgan fingerprint density at radius 2 is 1.54 bits per heavy atom. The molecular weight excluding hydrogens is 347 g/mol. The molecule has 0 bridgehead atoms. The van der Waals surface area contributed by atoms with E-state index in [-0.39, 0.29) is 18.3 Å². The molecule has 0 atom stereocenters. The summed E-state index contributed by atoms with van der Waals surface area (Å²) in [6.07, 6.45) is 3.78. The standard InChI is InChI=1S/C23H23BN2O2/c1-22(2)23(3,4)28-24(27-22)16-8-7-9-17(14-16)26-20-11-6-5-10-18(20)19-15-25-13-12-21(19)26/h5-15H,1-4H3. The molecule has 1 aliphatic heterocycles. The Balaban J connectivity index is 1.67. The first-order chi connectivity index (χ1) is 13.4. The van der Waals surface area contributed by atoms with E-state index >= 15 is 0 Å². The second kappa shape index (κ2) is 5.93. The van der Waals surface area contributed by atoms with Gasteiger partial charge in [0, 0.05) is 28.9 Å². The average Bonchev–Trinajstić information content (AvgIpc) is 3.12. The molecule has 0 N–H and O–H groups in total. The third-order valence-corrected chi connectivity index (χ3v) is 6.13. The van der Waals surface area contributed by atoms with Gasteiger partial charge in [-0.15, -0.1) is 0 Å². The van der Waals surface area contributed by atoms with Gasteiger partial charge in [-0.1, -0.05) is 30.3 Å². The van der Waals surface area contributed by atoms with Crippen molar-refractivity contribution in [2.45, 2.75) is 38.9 Å². The molecule has 0 aliphatic carbocycles. The van der Waals surface area contributed by atoms with Gasteiger partial charge in [0.1, 0.15) is 0 Å². The SMILES string of the molecule is CC1(C)OB(c2cccc(-n3c4ccccc4c4cnccc43)c2)OC1(C)C. The number of nitrogens with zero attached hydrogens (tertiary/aromatic N) is 2. The molecule has 0 amide bonds. The van der Waals surface area contributed by atoms with Crippen molar-refractivity contribution in [2.75, 3.05) is 0 Å². The molecule has 2 aromatic carbocycles. The zero-order valence-corrected chi connectivity index (χ0v) is 16.6. The highest BCUT2D eigenvalue weighted by Gasteiger charge is 2.51. The first kappa shape index (κ1) is 17.5. The number of hydrogen-bond acceptors (Lipinski definition) is 3. The number of aromatic nitrogens is 2. The predicted octanol–water partition coefficient (Wildman–Crippen LogP) is 4.48. The number of pyridine rings is 1. The highest BCUT2D eigenvalue weighted by molar-refractivity contribution is 6.62. The highest BCUT2D eigenvalue weighted by atomic mass is 16.7. The van der Waals surface area contributed by atoms with Crippen LogP contribution in [0.2, 0.25) is 0 Å². The van der Waals surface area contributed by atoms with Gasteiger partial charge in [0.2, 0.25) is 0 Å². The lowest BCUT2D eigenvalue weighted by molar-refractivity contribution is 0.00578. The van der Waals surface area contributed by atoms with Crippen molar-refractivity contribution in [1.29, 1.82) is 0 Å². The summed E-state index contributed by atoms with van der Waals surface area (Å²) < 4.78 is 14.8. The quantitative estimate of drug-likeness (QED) is 0.488. The summed E-state index contributed by atoms with van der Waals surface area (Å²) in [5, 5.41) is 2.35. The van der Waals surface area contributed by atoms with Crippen molar-refractivity contribution in [3.8, 4) is 5.69 Å². The molecule has 28 heavy (non-hydrogen) atoms. The normalized spacial score (nSPS) is 18.2. The molecule has 3 heterocycles. The van der Waals surface area contributed by atoms with E-state index in [1.165, 1.54) is 5.39 Å². The monoisotopic (exact) mass is 370 g/mol. The van der Waals surface area contributed by atoms with Gasteiger partial charge in [-0.3, -0.25) is 4.98 Å². The van der Waals surface area contributed by atoms with E-state index in [0.29, 0.717) is 0 Å². The summed E-state index contributed by atoms with van der Waals surface area (Å²) in [4.78, 5) is 4.33. The minimum absolute atomic E-state index is 0.355. The third-order valence-electron chi connectivity index (χ3n) is 6.13. The van der Waals surface area contributed by atoms with Gasteiger partial charge in [0.25, 0.3) is 0 Å². The molecule has 1 aliphatic rings. The fourth-order valence-electron chi connectivity index (χ4n) is 3.88. The molecule has 2 aromatic heterocycles. The van der Waals surface area contributed by atoms with Crippen molar-refractivity contribution in [2.24, 2.45) is 0 Å². The summed E-state index contributed by atoms with van der Waals surface area (Å²) >= 11 is 0. The largest absolute Gasteiger partial charge is 0.494 e. The van der Waals surface area contributed by atoms with Gasteiger partial charge in [-0.05, 0) is 57.4 Å². The molecular formula is C23H23BN2O2. The lowest BCUT2D eigenvalue weighted by Gasteiger charge is -2.32. The Labute approximate surface area is 165 Å². The Bertz CT molecular complexity index is 1130. The zero-order valence-electron chi connectivity index (χ0n) is 16.6. The zero-order chi connectivity index (χ0) is 19.5. The molecule has 0 saturated carbocycles. The number of para-hydroxylation sites is 1. The van der Waals surface area contributed by atoms with Crippen LogP contribution in [0.15, 0.2) is 67.0 Å². The number of rotatable bonds is 2. The fraction of sp³-hybridized carbons (Fsp3) is 0.261. The molecule has 5 heteroatoms. The summed E-state index contributed by atoms with van der Waals surface area (Å²) in [6, 6.07) is 18.9. The maximum atomic E-state index is 6.26. The van der Waals surface area contributed by atoms with Crippen molar-refractivity contribution < 1.29 is 9.31 Å². The minimum atomic E-state index is -0.375. The molecule has 0 spiro atoms. The van der Waals surface area contributed by atoms with Gasteiger partial charge in [-0.2, -0.15) is 0 Å². The van der Waals surface area contributed by atoms with E-state index in [0.717, 1.165) is 27.6 Å². The van der Waals surface area contributed by atoms with Crippen LogP contribution in [0.5, 0.6) is 0 Å². The van der Waals surface area contributed by atoms with Crippen LogP contribution in [0.1, 0.15) is 27.7 Å². The van der Waals surface area contributed by atoms with Crippen molar-refractivity contribution >= 4 is 34.4 Å². The topological polar surface area (TPSA) is 36.3 Å². The average molecular weight is 370 g/mol. The molecule has 0 unspecified atom stereocenters.